The molecule has 20 heavy (non-hydrogen) atoms. The van der Waals surface area contributed by atoms with Crippen LogP contribution in [-0.2, 0) is 14.4 Å². The number of hydrogen-bond donors (Lipinski definition) is 2. The summed E-state index contributed by atoms with van der Waals surface area (Å²) in [6.07, 6.45) is -2.72. The third kappa shape index (κ3) is 20.9. The van der Waals surface area contributed by atoms with Crippen LogP contribution in [0.3, 0.4) is 0 Å². The zero-order valence-corrected chi connectivity index (χ0v) is 17.0. The van der Waals surface area contributed by atoms with Crippen LogP contribution < -0.4 is 104 Å². The van der Waals surface area contributed by atoms with Gasteiger partial charge in [0.05, 0.1) is 5.97 Å². The standard InChI is InChI=1S/C6H8O7.HNO3.3Na/c7-3(8)1-6(13,5(11)12)2-4(9)10;2-1(3)4;;;/h13H,1-2H2,(H,7,8)(H,9,10)(H,11,12);(H,2,3,4);;;/q;;3*+1/p-3. The maximum atomic E-state index is 10.1. The molecule has 0 heterocycles. The minimum Gasteiger partial charge on any atom is -0.550 e. The van der Waals surface area contributed by atoms with E-state index in [1.807, 2.05) is 0 Å². The van der Waals surface area contributed by atoms with Crippen LogP contribution in [0.5, 0.6) is 0 Å². The normalized spacial score (nSPS) is 8.25. The van der Waals surface area contributed by atoms with Gasteiger partial charge in [-0.15, -0.1) is 10.1 Å². The number of carboxylic acid groups (broad SMARTS) is 3. The molecular formula is C6H6NNa3O10. The summed E-state index contributed by atoms with van der Waals surface area (Å²) in [7, 11) is 0. The van der Waals surface area contributed by atoms with E-state index in [4.69, 9.17) is 20.4 Å². The van der Waals surface area contributed by atoms with E-state index in [0.717, 1.165) is 0 Å². The Hall–Kier alpha value is 0.570. The first-order valence-electron chi connectivity index (χ1n) is 3.68. The molecular weight excluding hydrogens is 315 g/mol. The molecule has 0 aliphatic rings. The Morgan fingerprint density at radius 3 is 1.25 bits per heavy atom. The number of nitrogens with zero attached hydrogens (tertiary/aromatic N) is 1. The van der Waals surface area contributed by atoms with E-state index in [1.54, 1.807) is 0 Å². The van der Waals surface area contributed by atoms with Crippen molar-refractivity contribution in [2.24, 2.45) is 0 Å². The molecule has 0 aliphatic carbocycles. The molecule has 0 aliphatic heterocycles. The van der Waals surface area contributed by atoms with Gasteiger partial charge in [0.2, 0.25) is 0 Å². The van der Waals surface area contributed by atoms with Crippen LogP contribution in [0, 0.1) is 10.1 Å². The van der Waals surface area contributed by atoms with Crippen molar-refractivity contribution >= 4 is 17.9 Å². The molecule has 0 radical (unpaired) electrons. The minimum atomic E-state index is -2.97. The first-order chi connectivity index (χ1) is 7.51. The van der Waals surface area contributed by atoms with Crippen molar-refractivity contribution < 1.29 is 134 Å². The molecule has 0 fully saturated rings. The fourth-order valence-corrected chi connectivity index (χ4v) is 0.684. The molecule has 0 unspecified atom stereocenters. The van der Waals surface area contributed by atoms with E-state index in [1.165, 1.54) is 0 Å². The van der Waals surface area contributed by atoms with Crippen molar-refractivity contribution in [1.82, 2.24) is 0 Å². The quantitative estimate of drug-likeness (QED) is 0.278. The van der Waals surface area contributed by atoms with Crippen molar-refractivity contribution in [2.45, 2.75) is 18.4 Å². The van der Waals surface area contributed by atoms with Crippen LogP contribution in [0.4, 0.5) is 0 Å². The van der Waals surface area contributed by atoms with Gasteiger partial charge in [-0.2, -0.15) is 0 Å². The van der Waals surface area contributed by atoms with Gasteiger partial charge < -0.3 is 40.0 Å². The van der Waals surface area contributed by atoms with Gasteiger partial charge >= 0.3 is 88.7 Å². The number of aliphatic carboxylic acids is 3. The predicted molar refractivity (Wildman–Crippen MR) is 38.0 cm³/mol. The van der Waals surface area contributed by atoms with Crippen molar-refractivity contribution in [3.63, 3.8) is 0 Å². The van der Waals surface area contributed by atoms with E-state index in [0.29, 0.717) is 0 Å². The van der Waals surface area contributed by atoms with Gasteiger partial charge in [0, 0.05) is 24.8 Å². The average Bonchev–Trinajstić information content (AvgIpc) is 1.98. The SMILES string of the molecule is O=C([O-])CC(O)(CC(=O)[O-])C(=O)[O-].O=[N+]([O-])O.[Na+].[Na+].[Na+]. The second kappa shape index (κ2) is 15.9. The Balaban J connectivity index is -0.0000000951. The largest absolute Gasteiger partial charge is 1.00 e. The number of carboxylic acids is 3. The van der Waals surface area contributed by atoms with E-state index >= 15 is 0 Å². The van der Waals surface area contributed by atoms with Crippen LogP contribution in [0.1, 0.15) is 12.8 Å². The second-order valence-corrected chi connectivity index (χ2v) is 2.65. The van der Waals surface area contributed by atoms with Crippen molar-refractivity contribution in [2.75, 3.05) is 0 Å². The Labute approximate surface area is 178 Å². The molecule has 0 amide bonds. The van der Waals surface area contributed by atoms with Gasteiger partial charge in [-0.25, -0.2) is 0 Å². The Morgan fingerprint density at radius 2 is 1.15 bits per heavy atom. The van der Waals surface area contributed by atoms with Gasteiger partial charge in [-0.1, -0.05) is 0 Å². The summed E-state index contributed by atoms with van der Waals surface area (Å²) >= 11 is 0. The molecule has 2 N–H and O–H groups in total. The van der Waals surface area contributed by atoms with E-state index in [-0.39, 0.29) is 88.7 Å². The maximum Gasteiger partial charge on any atom is 1.00 e. The van der Waals surface area contributed by atoms with Crippen LogP contribution >= 0.6 is 0 Å². The van der Waals surface area contributed by atoms with Crippen LogP contribution in [-0.4, -0.2) is 38.9 Å². The summed E-state index contributed by atoms with van der Waals surface area (Å²) in [5.41, 5.74) is -2.97. The first-order valence-corrected chi connectivity index (χ1v) is 3.68. The van der Waals surface area contributed by atoms with Crippen molar-refractivity contribution in [1.29, 1.82) is 0 Å². The molecule has 0 rings (SSSR count). The summed E-state index contributed by atoms with van der Waals surface area (Å²) in [6, 6.07) is 0. The average molecular weight is 321 g/mol. The van der Waals surface area contributed by atoms with E-state index in [9.17, 15) is 29.7 Å². The molecule has 0 saturated heterocycles. The molecule has 98 valence electrons. The molecule has 14 heteroatoms. The van der Waals surface area contributed by atoms with Gasteiger partial charge in [-0.05, 0) is 0 Å². The molecule has 0 aromatic rings. The van der Waals surface area contributed by atoms with Crippen molar-refractivity contribution in [3.8, 4) is 0 Å². The maximum absolute atomic E-state index is 10.1. The van der Waals surface area contributed by atoms with Gasteiger partial charge in [0.15, 0.2) is 0 Å². The Morgan fingerprint density at radius 1 is 0.950 bits per heavy atom. The topological polar surface area (TPSA) is 204 Å². The number of aliphatic hydroxyl groups is 1. The van der Waals surface area contributed by atoms with Gasteiger partial charge in [0.25, 0.3) is 5.09 Å². The summed E-state index contributed by atoms with van der Waals surface area (Å²) < 4.78 is 0. The van der Waals surface area contributed by atoms with Gasteiger partial charge in [-0.3, -0.25) is 0 Å². The molecule has 0 saturated carbocycles. The third-order valence-corrected chi connectivity index (χ3v) is 1.25. The van der Waals surface area contributed by atoms with Crippen LogP contribution in [0.15, 0.2) is 0 Å². The third-order valence-electron chi connectivity index (χ3n) is 1.25. The summed E-state index contributed by atoms with van der Waals surface area (Å²) in [6.45, 7) is 0. The van der Waals surface area contributed by atoms with Crippen molar-refractivity contribution in [3.05, 3.63) is 10.1 Å². The number of carbonyl (C=O) groups excluding carboxylic acids is 3. The first kappa shape index (κ1) is 32.5. The summed E-state index contributed by atoms with van der Waals surface area (Å²) in [5.74, 6) is -5.98. The molecule has 0 bridgehead atoms. The zero-order chi connectivity index (χ0) is 14.2. The van der Waals surface area contributed by atoms with Crippen LogP contribution in [0.25, 0.3) is 0 Å². The molecule has 0 aromatic heterocycles. The summed E-state index contributed by atoms with van der Waals surface area (Å²) in [4.78, 5) is 38.4. The molecule has 11 nitrogen and oxygen atoms in total. The Bertz CT molecular complexity index is 315. The molecule has 0 atom stereocenters. The molecule has 0 spiro atoms. The Kier molecular flexibility index (Phi) is 25.9. The fraction of sp³-hybridized carbons (Fsp3) is 0.500. The number of hydrogen-bond acceptors (Lipinski definition) is 9. The fourth-order valence-electron chi connectivity index (χ4n) is 0.684. The molecule has 0 aromatic carbocycles. The van der Waals surface area contributed by atoms with E-state index in [2.05, 4.69) is 0 Å². The summed E-state index contributed by atoms with van der Waals surface area (Å²) in [5, 5.41) is 52.6. The van der Waals surface area contributed by atoms with Gasteiger partial charge in [0.1, 0.15) is 5.60 Å². The predicted octanol–water partition coefficient (Wildman–Crippen LogP) is -14.6. The number of carbonyl (C=O) groups is 3. The second-order valence-electron chi connectivity index (χ2n) is 2.65. The minimum absolute atomic E-state index is 0. The smallest absolute Gasteiger partial charge is 0.550 e. The number of rotatable bonds is 5. The van der Waals surface area contributed by atoms with E-state index < -0.39 is 41.4 Å². The zero-order valence-electron chi connectivity index (χ0n) is 11.0. The van der Waals surface area contributed by atoms with Crippen LogP contribution in [0.2, 0.25) is 0 Å². The monoisotopic (exact) mass is 321 g/mol.